The van der Waals surface area contributed by atoms with Crippen molar-refractivity contribution in [3.8, 4) is 0 Å². The molecule has 0 rings (SSSR count). The second-order valence-corrected chi connectivity index (χ2v) is 1.72. The molecule has 0 heterocycles. The summed E-state index contributed by atoms with van der Waals surface area (Å²) < 4.78 is 0. The smallest absolute Gasteiger partial charge is 0.120 e. The van der Waals surface area contributed by atoms with Gasteiger partial charge in [0.1, 0.15) is 6.29 Å². The lowest BCUT2D eigenvalue weighted by Gasteiger charge is -1.92. The van der Waals surface area contributed by atoms with Crippen molar-refractivity contribution in [3.63, 3.8) is 0 Å². The summed E-state index contributed by atoms with van der Waals surface area (Å²) >= 11 is 0. The van der Waals surface area contributed by atoms with Gasteiger partial charge in [-0.05, 0) is 12.8 Å². The number of unbranched alkanes of at least 4 members (excludes halogenated alkanes) is 1. The summed E-state index contributed by atoms with van der Waals surface area (Å²) in [7, 11) is 0. The van der Waals surface area contributed by atoms with Gasteiger partial charge in [-0.15, -0.1) is 0 Å². The van der Waals surface area contributed by atoms with Gasteiger partial charge in [-0.1, -0.05) is 6.58 Å². The van der Waals surface area contributed by atoms with E-state index in [1.807, 2.05) is 0 Å². The number of nitrogens with two attached hydrogens (primary N) is 1. The second kappa shape index (κ2) is 4.37. The minimum atomic E-state index is 0.593. The molecule has 0 saturated carbocycles. The van der Waals surface area contributed by atoms with E-state index in [0.29, 0.717) is 12.1 Å². The van der Waals surface area contributed by atoms with Gasteiger partial charge in [0.15, 0.2) is 0 Å². The van der Waals surface area contributed by atoms with Gasteiger partial charge in [-0.25, -0.2) is 0 Å². The Labute approximate surface area is 49.4 Å². The molecular weight excluding hydrogens is 102 g/mol. The van der Waals surface area contributed by atoms with E-state index in [1.165, 1.54) is 0 Å². The molecule has 46 valence electrons. The first-order chi connectivity index (χ1) is 3.77. The molecule has 0 unspecified atom stereocenters. The lowest BCUT2D eigenvalue weighted by Crippen LogP contribution is -1.93. The number of aldehydes is 1. The van der Waals surface area contributed by atoms with Crippen LogP contribution in [0.2, 0.25) is 0 Å². The van der Waals surface area contributed by atoms with E-state index in [4.69, 9.17) is 5.73 Å². The Morgan fingerprint density at radius 2 is 2.38 bits per heavy atom. The fourth-order valence-corrected chi connectivity index (χ4v) is 0.412. The van der Waals surface area contributed by atoms with Crippen molar-refractivity contribution < 1.29 is 4.79 Å². The van der Waals surface area contributed by atoms with Crippen molar-refractivity contribution in [3.05, 3.63) is 12.3 Å². The summed E-state index contributed by atoms with van der Waals surface area (Å²) in [5.41, 5.74) is 5.88. The fraction of sp³-hybridized carbons (Fsp3) is 0.500. The topological polar surface area (TPSA) is 43.1 Å². The van der Waals surface area contributed by atoms with Crippen molar-refractivity contribution in [2.45, 2.75) is 19.3 Å². The van der Waals surface area contributed by atoms with Crippen LogP contribution in [0.15, 0.2) is 12.3 Å². The van der Waals surface area contributed by atoms with Crippen LogP contribution in [0.25, 0.3) is 0 Å². The van der Waals surface area contributed by atoms with Crippen LogP contribution < -0.4 is 5.73 Å². The molecule has 0 atom stereocenters. The van der Waals surface area contributed by atoms with Crippen LogP contribution in [-0.2, 0) is 4.79 Å². The molecule has 0 radical (unpaired) electrons. The fourth-order valence-electron chi connectivity index (χ4n) is 0.412. The Balaban J connectivity index is 2.93. The quantitative estimate of drug-likeness (QED) is 0.433. The van der Waals surface area contributed by atoms with Crippen LogP contribution in [0, 0.1) is 0 Å². The molecule has 2 heteroatoms. The highest BCUT2D eigenvalue weighted by molar-refractivity contribution is 5.49. The number of allylic oxidation sites excluding steroid dienone is 1. The first kappa shape index (κ1) is 7.21. The van der Waals surface area contributed by atoms with Gasteiger partial charge in [0.05, 0.1) is 0 Å². The summed E-state index contributed by atoms with van der Waals surface area (Å²) in [6.07, 6.45) is 3.08. The zero-order chi connectivity index (χ0) is 6.41. The predicted molar refractivity (Wildman–Crippen MR) is 33.2 cm³/mol. The van der Waals surface area contributed by atoms with Crippen molar-refractivity contribution in [1.82, 2.24) is 0 Å². The van der Waals surface area contributed by atoms with E-state index in [9.17, 15) is 4.79 Å². The second-order valence-electron chi connectivity index (χ2n) is 1.72. The van der Waals surface area contributed by atoms with Crippen molar-refractivity contribution in [1.29, 1.82) is 0 Å². The minimum absolute atomic E-state index is 0.593. The van der Waals surface area contributed by atoms with Gasteiger partial charge in [-0.3, -0.25) is 0 Å². The van der Waals surface area contributed by atoms with Crippen LogP contribution in [0.1, 0.15) is 19.3 Å². The minimum Gasteiger partial charge on any atom is -0.403 e. The number of carbonyl (C=O) groups is 1. The standard InChI is InChI=1S/C6H11NO/c1-6(7)4-2-3-5-8/h5H,1-4,7H2. The van der Waals surface area contributed by atoms with E-state index in [1.54, 1.807) is 0 Å². The van der Waals surface area contributed by atoms with Crippen LogP contribution in [0.3, 0.4) is 0 Å². The zero-order valence-corrected chi connectivity index (χ0v) is 4.89. The van der Waals surface area contributed by atoms with Gasteiger partial charge in [0.2, 0.25) is 0 Å². The number of hydrogen-bond acceptors (Lipinski definition) is 2. The SMILES string of the molecule is C=C(N)CCCC=O. The van der Waals surface area contributed by atoms with Crippen LogP contribution in [0.5, 0.6) is 0 Å². The molecule has 0 aliphatic rings. The molecule has 8 heavy (non-hydrogen) atoms. The van der Waals surface area contributed by atoms with Crippen LogP contribution in [0.4, 0.5) is 0 Å². The maximum absolute atomic E-state index is 9.72. The average Bonchev–Trinajstić information content (AvgIpc) is 1.66. The first-order valence-electron chi connectivity index (χ1n) is 2.64. The molecule has 0 aliphatic carbocycles. The highest BCUT2D eigenvalue weighted by Gasteiger charge is 1.85. The molecule has 0 bridgehead atoms. The molecule has 2 N–H and O–H groups in total. The molecule has 0 aromatic heterocycles. The molecule has 0 amide bonds. The molecule has 0 aromatic carbocycles. The van der Waals surface area contributed by atoms with Gasteiger partial charge >= 0.3 is 0 Å². The molecule has 0 aromatic rings. The van der Waals surface area contributed by atoms with E-state index in [0.717, 1.165) is 19.1 Å². The third-order valence-corrected chi connectivity index (χ3v) is 0.820. The maximum Gasteiger partial charge on any atom is 0.120 e. The number of carbonyl (C=O) groups excluding carboxylic acids is 1. The van der Waals surface area contributed by atoms with Gasteiger partial charge in [-0.2, -0.15) is 0 Å². The third kappa shape index (κ3) is 5.21. The molecule has 0 fully saturated rings. The summed E-state index contributed by atoms with van der Waals surface area (Å²) in [5, 5.41) is 0. The predicted octanol–water partition coefficient (Wildman–Crippen LogP) is 0.828. The van der Waals surface area contributed by atoms with Gasteiger partial charge < -0.3 is 10.5 Å². The number of hydrogen-bond donors (Lipinski definition) is 1. The number of rotatable bonds is 4. The van der Waals surface area contributed by atoms with E-state index >= 15 is 0 Å². The van der Waals surface area contributed by atoms with Crippen LogP contribution in [-0.4, -0.2) is 6.29 Å². The Hall–Kier alpha value is -0.790. The van der Waals surface area contributed by atoms with Gasteiger partial charge in [0, 0.05) is 12.1 Å². The Bertz CT molecular complexity index is 88.5. The highest BCUT2D eigenvalue weighted by atomic mass is 16.1. The Morgan fingerprint density at radius 3 is 2.75 bits per heavy atom. The van der Waals surface area contributed by atoms with Crippen molar-refractivity contribution in [2.24, 2.45) is 5.73 Å². The lowest BCUT2D eigenvalue weighted by atomic mass is 10.2. The largest absolute Gasteiger partial charge is 0.403 e. The molecule has 0 aliphatic heterocycles. The van der Waals surface area contributed by atoms with E-state index in [-0.39, 0.29) is 0 Å². The van der Waals surface area contributed by atoms with Gasteiger partial charge in [0.25, 0.3) is 0 Å². The first-order valence-corrected chi connectivity index (χ1v) is 2.64. The molecule has 0 spiro atoms. The molecule has 0 saturated heterocycles. The van der Waals surface area contributed by atoms with Crippen molar-refractivity contribution in [2.75, 3.05) is 0 Å². The molecular formula is C6H11NO. The maximum atomic E-state index is 9.72. The highest BCUT2D eigenvalue weighted by Crippen LogP contribution is 1.95. The average molecular weight is 113 g/mol. The summed E-state index contributed by atoms with van der Waals surface area (Å²) in [6, 6.07) is 0. The van der Waals surface area contributed by atoms with E-state index in [2.05, 4.69) is 6.58 Å². The monoisotopic (exact) mass is 113 g/mol. The molecule has 2 nitrogen and oxygen atoms in total. The summed E-state index contributed by atoms with van der Waals surface area (Å²) in [4.78, 5) is 9.72. The zero-order valence-electron chi connectivity index (χ0n) is 4.89. The third-order valence-electron chi connectivity index (χ3n) is 0.820. The van der Waals surface area contributed by atoms with Crippen molar-refractivity contribution >= 4 is 6.29 Å². The Kier molecular flexibility index (Phi) is 3.94. The lowest BCUT2D eigenvalue weighted by molar-refractivity contribution is -0.107. The van der Waals surface area contributed by atoms with E-state index < -0.39 is 0 Å². The summed E-state index contributed by atoms with van der Waals surface area (Å²) in [6.45, 7) is 3.49. The Morgan fingerprint density at radius 1 is 1.75 bits per heavy atom. The summed E-state index contributed by atoms with van der Waals surface area (Å²) in [5.74, 6) is 0. The normalized spacial score (nSPS) is 8.50. The van der Waals surface area contributed by atoms with Crippen LogP contribution >= 0.6 is 0 Å².